The van der Waals surface area contributed by atoms with Gasteiger partial charge in [-0.15, -0.1) is 0 Å². The molecule has 1 aliphatic heterocycles. The molecule has 15 heavy (non-hydrogen) atoms. The van der Waals surface area contributed by atoms with Crippen molar-refractivity contribution < 1.29 is 5.11 Å². The minimum atomic E-state index is -0.0137. The van der Waals surface area contributed by atoms with Crippen LogP contribution in [0.5, 0.6) is 0 Å². The van der Waals surface area contributed by atoms with Gasteiger partial charge in [-0.1, -0.05) is 12.2 Å². The maximum absolute atomic E-state index is 9.54. The van der Waals surface area contributed by atoms with Gasteiger partial charge in [0.15, 0.2) is 0 Å². The van der Waals surface area contributed by atoms with Crippen molar-refractivity contribution in [3.8, 4) is 0 Å². The smallest absolute Gasteiger partial charge is 0.0540 e. The zero-order valence-electron chi connectivity index (χ0n) is 9.78. The molecule has 2 rings (SSSR count). The third kappa shape index (κ3) is 2.61. The van der Waals surface area contributed by atoms with Crippen molar-refractivity contribution >= 4 is 0 Å². The Morgan fingerprint density at radius 2 is 2.07 bits per heavy atom. The molecule has 1 heterocycles. The molecule has 0 aromatic heterocycles. The van der Waals surface area contributed by atoms with Crippen molar-refractivity contribution in [3.63, 3.8) is 0 Å². The van der Waals surface area contributed by atoms with Gasteiger partial charge in [0.05, 0.1) is 6.10 Å². The van der Waals surface area contributed by atoms with E-state index in [4.69, 9.17) is 0 Å². The van der Waals surface area contributed by atoms with Crippen molar-refractivity contribution in [2.24, 2.45) is 5.41 Å². The van der Waals surface area contributed by atoms with Crippen LogP contribution in [0.15, 0.2) is 12.2 Å². The van der Waals surface area contributed by atoms with E-state index in [1.807, 2.05) is 0 Å². The van der Waals surface area contributed by atoms with E-state index in [0.717, 1.165) is 19.4 Å². The van der Waals surface area contributed by atoms with E-state index in [1.165, 1.54) is 32.4 Å². The van der Waals surface area contributed by atoms with Crippen LogP contribution in [-0.4, -0.2) is 35.7 Å². The zero-order chi connectivity index (χ0) is 10.7. The van der Waals surface area contributed by atoms with E-state index in [-0.39, 0.29) is 6.10 Å². The van der Waals surface area contributed by atoms with Crippen molar-refractivity contribution in [1.82, 2.24) is 4.90 Å². The van der Waals surface area contributed by atoms with Crippen LogP contribution in [-0.2, 0) is 0 Å². The lowest BCUT2D eigenvalue weighted by Crippen LogP contribution is -2.33. The van der Waals surface area contributed by atoms with E-state index in [1.54, 1.807) is 0 Å². The Morgan fingerprint density at radius 1 is 1.33 bits per heavy atom. The summed E-state index contributed by atoms with van der Waals surface area (Å²) in [6.45, 7) is 5.70. The van der Waals surface area contributed by atoms with Gasteiger partial charge in [0.2, 0.25) is 0 Å². The lowest BCUT2D eigenvalue weighted by molar-refractivity contribution is 0.0668. The number of aliphatic hydroxyl groups excluding tert-OH is 1. The minimum absolute atomic E-state index is 0.0137. The fraction of sp³-hybridized carbons (Fsp3) is 0.846. The van der Waals surface area contributed by atoms with E-state index in [2.05, 4.69) is 24.0 Å². The number of aliphatic hydroxyl groups is 1. The van der Waals surface area contributed by atoms with Crippen LogP contribution in [0.3, 0.4) is 0 Å². The van der Waals surface area contributed by atoms with Gasteiger partial charge in [-0.05, 0) is 51.0 Å². The van der Waals surface area contributed by atoms with Gasteiger partial charge in [-0.25, -0.2) is 0 Å². The summed E-state index contributed by atoms with van der Waals surface area (Å²) < 4.78 is 0. The molecule has 1 aliphatic carbocycles. The van der Waals surface area contributed by atoms with Crippen LogP contribution in [0.2, 0.25) is 0 Å². The van der Waals surface area contributed by atoms with E-state index in [9.17, 15) is 5.11 Å². The van der Waals surface area contributed by atoms with Crippen LogP contribution in [0, 0.1) is 5.41 Å². The van der Waals surface area contributed by atoms with Gasteiger partial charge < -0.3 is 5.11 Å². The molecule has 0 aromatic carbocycles. The molecule has 2 heteroatoms. The molecule has 2 nitrogen and oxygen atoms in total. The highest BCUT2D eigenvalue weighted by Gasteiger charge is 2.39. The first-order valence-electron chi connectivity index (χ1n) is 6.26. The zero-order valence-corrected chi connectivity index (χ0v) is 9.78. The lowest BCUT2D eigenvalue weighted by Gasteiger charge is -2.35. The SMILES string of the molecule is C/C=C/CN1CCC2(CCC(O)CC2)C1. The summed E-state index contributed by atoms with van der Waals surface area (Å²) in [5, 5.41) is 9.54. The number of allylic oxidation sites excluding steroid dienone is 1. The summed E-state index contributed by atoms with van der Waals surface area (Å²) in [6, 6.07) is 0. The second kappa shape index (κ2) is 4.67. The standard InChI is InChI=1S/C13H23NO/c1-2-3-9-14-10-8-13(11-14)6-4-12(15)5-7-13/h2-3,12,15H,4-11H2,1H3/b3-2+. The van der Waals surface area contributed by atoms with E-state index < -0.39 is 0 Å². The predicted molar refractivity (Wildman–Crippen MR) is 62.8 cm³/mol. The molecule has 1 N–H and O–H groups in total. The second-order valence-electron chi connectivity index (χ2n) is 5.29. The first-order valence-corrected chi connectivity index (χ1v) is 6.26. The van der Waals surface area contributed by atoms with Crippen LogP contribution in [0.25, 0.3) is 0 Å². The summed E-state index contributed by atoms with van der Waals surface area (Å²) in [5.74, 6) is 0. The van der Waals surface area contributed by atoms with Crippen molar-refractivity contribution in [1.29, 1.82) is 0 Å². The molecule has 0 atom stereocenters. The fourth-order valence-electron chi connectivity index (χ4n) is 3.06. The van der Waals surface area contributed by atoms with Crippen LogP contribution >= 0.6 is 0 Å². The number of likely N-dealkylation sites (tertiary alicyclic amines) is 1. The van der Waals surface area contributed by atoms with Gasteiger partial charge in [0.25, 0.3) is 0 Å². The molecule has 0 amide bonds. The Labute approximate surface area is 93.0 Å². The first kappa shape index (κ1) is 11.2. The number of nitrogens with zero attached hydrogens (tertiary/aromatic N) is 1. The summed E-state index contributed by atoms with van der Waals surface area (Å²) in [7, 11) is 0. The molecule has 0 unspecified atom stereocenters. The molecule has 0 radical (unpaired) electrons. The summed E-state index contributed by atoms with van der Waals surface area (Å²) in [4.78, 5) is 2.55. The van der Waals surface area contributed by atoms with Gasteiger partial charge >= 0.3 is 0 Å². The Balaban J connectivity index is 1.85. The Morgan fingerprint density at radius 3 is 2.73 bits per heavy atom. The maximum Gasteiger partial charge on any atom is 0.0540 e. The van der Waals surface area contributed by atoms with E-state index in [0.29, 0.717) is 5.41 Å². The highest BCUT2D eigenvalue weighted by molar-refractivity contribution is 4.95. The van der Waals surface area contributed by atoms with Gasteiger partial charge in [-0.3, -0.25) is 4.90 Å². The lowest BCUT2D eigenvalue weighted by atomic mass is 9.73. The average Bonchev–Trinajstić information content (AvgIpc) is 2.64. The largest absolute Gasteiger partial charge is 0.393 e. The predicted octanol–water partition coefficient (Wildman–Crippen LogP) is 2.19. The van der Waals surface area contributed by atoms with Crippen molar-refractivity contribution in [3.05, 3.63) is 12.2 Å². The molecule has 1 saturated carbocycles. The fourth-order valence-corrected chi connectivity index (χ4v) is 3.06. The average molecular weight is 209 g/mol. The third-order valence-electron chi connectivity index (χ3n) is 4.13. The molecule has 0 bridgehead atoms. The second-order valence-corrected chi connectivity index (χ2v) is 5.29. The van der Waals surface area contributed by atoms with E-state index >= 15 is 0 Å². The monoisotopic (exact) mass is 209 g/mol. The number of hydrogen-bond donors (Lipinski definition) is 1. The normalized spacial score (nSPS) is 38.1. The topological polar surface area (TPSA) is 23.5 Å². The Kier molecular flexibility index (Phi) is 3.47. The van der Waals surface area contributed by atoms with Gasteiger partial charge in [0.1, 0.15) is 0 Å². The van der Waals surface area contributed by atoms with Crippen molar-refractivity contribution in [2.45, 2.75) is 45.1 Å². The van der Waals surface area contributed by atoms with Crippen LogP contribution < -0.4 is 0 Å². The molecular weight excluding hydrogens is 186 g/mol. The minimum Gasteiger partial charge on any atom is -0.393 e. The molecule has 1 saturated heterocycles. The first-order chi connectivity index (χ1) is 7.24. The Bertz CT molecular complexity index is 229. The van der Waals surface area contributed by atoms with Gasteiger partial charge in [-0.2, -0.15) is 0 Å². The molecule has 0 aromatic rings. The molecule has 86 valence electrons. The summed E-state index contributed by atoms with van der Waals surface area (Å²) in [6.07, 6.45) is 10.2. The molecule has 2 aliphatic rings. The maximum atomic E-state index is 9.54. The number of rotatable bonds is 2. The molecular formula is C13H23NO. The van der Waals surface area contributed by atoms with Gasteiger partial charge in [0, 0.05) is 13.1 Å². The van der Waals surface area contributed by atoms with Crippen LogP contribution in [0.1, 0.15) is 39.0 Å². The van der Waals surface area contributed by atoms with Crippen molar-refractivity contribution in [2.75, 3.05) is 19.6 Å². The third-order valence-corrected chi connectivity index (χ3v) is 4.13. The molecule has 1 spiro atoms. The van der Waals surface area contributed by atoms with Crippen LogP contribution in [0.4, 0.5) is 0 Å². The Hall–Kier alpha value is -0.340. The summed E-state index contributed by atoms with van der Waals surface area (Å²) in [5.41, 5.74) is 0.556. The number of hydrogen-bond acceptors (Lipinski definition) is 2. The quantitative estimate of drug-likeness (QED) is 0.705. The highest BCUT2D eigenvalue weighted by Crippen LogP contribution is 2.43. The molecule has 2 fully saturated rings. The summed E-state index contributed by atoms with van der Waals surface area (Å²) >= 11 is 0. The highest BCUT2D eigenvalue weighted by atomic mass is 16.3.